The molecule has 2 aromatic carbocycles. The van der Waals surface area contributed by atoms with Crippen LogP contribution in [0.1, 0.15) is 5.56 Å². The van der Waals surface area contributed by atoms with Crippen molar-refractivity contribution in [3.63, 3.8) is 0 Å². The third-order valence-electron chi connectivity index (χ3n) is 2.32. The zero-order chi connectivity index (χ0) is 14.0. The number of ether oxygens (including phenoxy) is 1. The predicted octanol–water partition coefficient (Wildman–Crippen LogP) is 4.86. The maximum Gasteiger partial charge on any atom is 0.416 e. The molecule has 0 aliphatic rings. The molecule has 2 nitrogen and oxygen atoms in total. The molecule has 2 aromatic rings. The minimum atomic E-state index is -4.38. The van der Waals surface area contributed by atoms with Gasteiger partial charge in [-0.2, -0.15) is 13.2 Å². The van der Waals surface area contributed by atoms with Gasteiger partial charge in [0.15, 0.2) is 0 Å². The first-order valence-electron chi connectivity index (χ1n) is 5.20. The molecule has 0 radical (unpaired) electrons. The van der Waals surface area contributed by atoms with Gasteiger partial charge < -0.3 is 9.84 Å². The van der Waals surface area contributed by atoms with Crippen LogP contribution in [0.5, 0.6) is 17.2 Å². The molecule has 0 unspecified atom stereocenters. The van der Waals surface area contributed by atoms with E-state index in [2.05, 4.69) is 0 Å². The molecule has 0 spiro atoms. The lowest BCUT2D eigenvalue weighted by Crippen LogP contribution is -2.03. The van der Waals surface area contributed by atoms with Crippen LogP contribution in [-0.2, 0) is 6.18 Å². The van der Waals surface area contributed by atoms with Crippen LogP contribution in [0, 0.1) is 0 Å². The number of hydrogen-bond acceptors (Lipinski definition) is 2. The fourth-order valence-corrected chi connectivity index (χ4v) is 1.62. The zero-order valence-corrected chi connectivity index (χ0v) is 10.2. The van der Waals surface area contributed by atoms with Crippen molar-refractivity contribution in [2.75, 3.05) is 0 Å². The average molecular weight is 289 g/mol. The van der Waals surface area contributed by atoms with Gasteiger partial charge in [0.25, 0.3) is 0 Å². The number of phenols is 1. The third kappa shape index (κ3) is 3.32. The summed E-state index contributed by atoms with van der Waals surface area (Å²) in [5.41, 5.74) is -0.753. The number of benzene rings is 2. The van der Waals surface area contributed by atoms with Crippen LogP contribution in [-0.4, -0.2) is 5.11 Å². The number of hydrogen-bond donors (Lipinski definition) is 1. The van der Waals surface area contributed by atoms with E-state index in [-0.39, 0.29) is 22.3 Å². The summed E-state index contributed by atoms with van der Waals surface area (Å²) in [6.45, 7) is 0. The van der Waals surface area contributed by atoms with Gasteiger partial charge in [0.05, 0.1) is 10.6 Å². The second-order valence-electron chi connectivity index (χ2n) is 3.74. The second-order valence-corrected chi connectivity index (χ2v) is 4.15. The Bertz CT molecular complexity index is 579. The van der Waals surface area contributed by atoms with Gasteiger partial charge in [0.2, 0.25) is 0 Å². The van der Waals surface area contributed by atoms with E-state index < -0.39 is 11.7 Å². The second kappa shape index (κ2) is 5.01. The quantitative estimate of drug-likeness (QED) is 0.855. The van der Waals surface area contributed by atoms with Gasteiger partial charge in [0, 0.05) is 6.07 Å². The first-order chi connectivity index (χ1) is 8.86. The van der Waals surface area contributed by atoms with E-state index in [1.165, 1.54) is 30.3 Å². The highest BCUT2D eigenvalue weighted by Gasteiger charge is 2.30. The van der Waals surface area contributed by atoms with Gasteiger partial charge in [-0.05, 0) is 36.4 Å². The number of phenolic OH excluding ortho intramolecular Hbond substituents is 1. The number of rotatable bonds is 2. The molecule has 0 amide bonds. The summed E-state index contributed by atoms with van der Waals surface area (Å²) in [6, 6.07) is 8.31. The largest absolute Gasteiger partial charge is 0.508 e. The lowest BCUT2D eigenvalue weighted by Gasteiger charge is -2.10. The molecule has 2 rings (SSSR count). The molecule has 1 N–H and O–H groups in total. The molecule has 0 bridgehead atoms. The van der Waals surface area contributed by atoms with Gasteiger partial charge in [-0.25, -0.2) is 0 Å². The van der Waals surface area contributed by atoms with Crippen molar-refractivity contribution in [1.29, 1.82) is 0 Å². The summed E-state index contributed by atoms with van der Waals surface area (Å²) < 4.78 is 42.4. The van der Waals surface area contributed by atoms with Gasteiger partial charge in [0.1, 0.15) is 17.2 Å². The molecule has 0 aliphatic carbocycles. The Hall–Kier alpha value is -1.88. The summed E-state index contributed by atoms with van der Waals surface area (Å²) in [5.74, 6) is 0.449. The minimum Gasteiger partial charge on any atom is -0.508 e. The predicted molar refractivity (Wildman–Crippen MR) is 64.6 cm³/mol. The van der Waals surface area contributed by atoms with Crippen LogP contribution < -0.4 is 4.74 Å². The Balaban J connectivity index is 2.20. The molecule has 100 valence electrons. The van der Waals surface area contributed by atoms with Crippen molar-refractivity contribution in [2.24, 2.45) is 0 Å². The Morgan fingerprint density at radius 1 is 1.00 bits per heavy atom. The third-order valence-corrected chi connectivity index (χ3v) is 2.62. The smallest absolute Gasteiger partial charge is 0.416 e. The summed E-state index contributed by atoms with van der Waals surface area (Å²) >= 11 is 5.82. The monoisotopic (exact) mass is 288 g/mol. The van der Waals surface area contributed by atoms with E-state index in [9.17, 15) is 13.2 Å². The molecule has 0 aromatic heterocycles. The van der Waals surface area contributed by atoms with Crippen LogP contribution in [0.3, 0.4) is 0 Å². The zero-order valence-electron chi connectivity index (χ0n) is 9.41. The highest BCUT2D eigenvalue weighted by atomic mass is 35.5. The van der Waals surface area contributed by atoms with E-state index in [4.69, 9.17) is 21.4 Å². The molecule has 19 heavy (non-hydrogen) atoms. The fraction of sp³-hybridized carbons (Fsp3) is 0.0769. The van der Waals surface area contributed by atoms with Crippen LogP contribution in [0.2, 0.25) is 5.02 Å². The Kier molecular flexibility index (Phi) is 3.57. The van der Waals surface area contributed by atoms with Crippen LogP contribution in [0.15, 0.2) is 42.5 Å². The Morgan fingerprint density at radius 2 is 1.63 bits per heavy atom. The summed E-state index contributed by atoms with van der Waals surface area (Å²) in [6.07, 6.45) is -4.38. The van der Waals surface area contributed by atoms with E-state index in [1.807, 2.05) is 0 Å². The van der Waals surface area contributed by atoms with Crippen LogP contribution in [0.25, 0.3) is 0 Å². The summed E-state index contributed by atoms with van der Waals surface area (Å²) in [5, 5.41) is 9.33. The minimum absolute atomic E-state index is 0.0234. The van der Waals surface area contributed by atoms with E-state index in [1.54, 1.807) is 0 Å². The van der Waals surface area contributed by atoms with Crippen molar-refractivity contribution in [2.45, 2.75) is 6.18 Å². The Labute approximate surface area is 112 Å². The van der Waals surface area contributed by atoms with Gasteiger partial charge in [-0.1, -0.05) is 11.6 Å². The standard InChI is InChI=1S/C13H8ClF3O2/c14-11-7-9(18)3-6-12(11)19-10-4-1-8(2-5-10)13(15,16)17/h1-7,18H. The number of alkyl halides is 3. The molecular formula is C13H8ClF3O2. The number of aromatic hydroxyl groups is 1. The van der Waals surface area contributed by atoms with E-state index >= 15 is 0 Å². The maximum atomic E-state index is 12.4. The Morgan fingerprint density at radius 3 is 2.16 bits per heavy atom. The van der Waals surface area contributed by atoms with Crippen molar-refractivity contribution in [1.82, 2.24) is 0 Å². The normalized spacial score (nSPS) is 11.4. The van der Waals surface area contributed by atoms with Crippen molar-refractivity contribution >= 4 is 11.6 Å². The van der Waals surface area contributed by atoms with E-state index in [0.717, 1.165) is 12.1 Å². The maximum absolute atomic E-state index is 12.4. The molecule has 0 saturated carbocycles. The topological polar surface area (TPSA) is 29.5 Å². The molecule has 0 heterocycles. The first-order valence-corrected chi connectivity index (χ1v) is 5.58. The fourth-order valence-electron chi connectivity index (χ4n) is 1.41. The molecule has 0 aliphatic heterocycles. The molecule has 0 atom stereocenters. The molecular weight excluding hydrogens is 281 g/mol. The number of halogens is 4. The van der Waals surface area contributed by atoms with Gasteiger partial charge in [-0.3, -0.25) is 0 Å². The van der Waals surface area contributed by atoms with Crippen LogP contribution >= 0.6 is 11.6 Å². The summed E-state index contributed by atoms with van der Waals surface area (Å²) in [7, 11) is 0. The van der Waals surface area contributed by atoms with Crippen molar-refractivity contribution in [3.05, 3.63) is 53.1 Å². The molecule has 0 fully saturated rings. The van der Waals surface area contributed by atoms with E-state index in [0.29, 0.717) is 0 Å². The highest BCUT2D eigenvalue weighted by Crippen LogP contribution is 2.34. The van der Waals surface area contributed by atoms with Gasteiger partial charge >= 0.3 is 6.18 Å². The highest BCUT2D eigenvalue weighted by molar-refractivity contribution is 6.32. The molecule has 0 saturated heterocycles. The first kappa shape index (κ1) is 13.5. The lowest BCUT2D eigenvalue weighted by molar-refractivity contribution is -0.137. The van der Waals surface area contributed by atoms with Crippen molar-refractivity contribution < 1.29 is 23.0 Å². The van der Waals surface area contributed by atoms with Crippen LogP contribution in [0.4, 0.5) is 13.2 Å². The van der Waals surface area contributed by atoms with Gasteiger partial charge in [-0.15, -0.1) is 0 Å². The average Bonchev–Trinajstić information content (AvgIpc) is 2.32. The SMILES string of the molecule is Oc1ccc(Oc2ccc(C(F)(F)F)cc2)c(Cl)c1. The van der Waals surface area contributed by atoms with Crippen molar-refractivity contribution in [3.8, 4) is 17.2 Å². The lowest BCUT2D eigenvalue weighted by atomic mass is 10.2. The summed E-state index contributed by atoms with van der Waals surface area (Å²) in [4.78, 5) is 0. The molecule has 6 heteroatoms.